The predicted octanol–water partition coefficient (Wildman–Crippen LogP) is 0.751. The van der Waals surface area contributed by atoms with Gasteiger partial charge in [0.05, 0.1) is 11.3 Å². The van der Waals surface area contributed by atoms with Gasteiger partial charge in [-0.1, -0.05) is 0 Å². The Labute approximate surface area is 129 Å². The normalized spacial score (nSPS) is 11.9. The number of nitrogens with one attached hydrogen (secondary N) is 1. The Hall–Kier alpha value is -2.63. The van der Waals surface area contributed by atoms with Crippen LogP contribution in [0.5, 0.6) is 5.75 Å². The van der Waals surface area contributed by atoms with Crippen LogP contribution in [-0.2, 0) is 4.79 Å². The number of amides is 2. The molecule has 2 amide bonds. The molecule has 0 heterocycles. The van der Waals surface area contributed by atoms with Crippen LogP contribution in [0.1, 0.15) is 12.5 Å². The van der Waals surface area contributed by atoms with E-state index in [-0.39, 0.29) is 17.2 Å². The second-order valence-corrected chi connectivity index (χ2v) is 4.83. The molecule has 1 aromatic rings. The molecule has 0 aromatic heterocycles. The molecule has 22 heavy (non-hydrogen) atoms. The van der Waals surface area contributed by atoms with Crippen LogP contribution < -0.4 is 15.8 Å². The summed E-state index contributed by atoms with van der Waals surface area (Å²) in [4.78, 5) is 22.9. The number of anilines is 1. The minimum atomic E-state index is -0.970. The summed E-state index contributed by atoms with van der Waals surface area (Å²) in [7, 11) is 5.42. The van der Waals surface area contributed by atoms with Crippen molar-refractivity contribution in [1.29, 1.82) is 5.26 Å². The number of carbonyl (C=O) groups excluding carboxylic acids is 2. The number of benzene rings is 1. The Morgan fingerprint density at radius 3 is 2.50 bits per heavy atom. The van der Waals surface area contributed by atoms with Gasteiger partial charge in [-0.05, 0) is 19.1 Å². The van der Waals surface area contributed by atoms with Crippen LogP contribution in [0.4, 0.5) is 10.5 Å². The third kappa shape index (κ3) is 4.44. The lowest BCUT2D eigenvalue weighted by molar-refractivity contribution is -0.125. The number of primary amides is 1. The summed E-state index contributed by atoms with van der Waals surface area (Å²) in [5.41, 5.74) is 5.42. The van der Waals surface area contributed by atoms with Gasteiger partial charge in [-0.3, -0.25) is 4.79 Å². The average molecular weight is 305 g/mol. The lowest BCUT2D eigenvalue weighted by Gasteiger charge is -2.29. The Kier molecular flexibility index (Phi) is 5.86. The number of nitriles is 1. The summed E-state index contributed by atoms with van der Waals surface area (Å²) in [6, 6.07) is 5.77. The molecule has 1 aromatic carbocycles. The van der Waals surface area contributed by atoms with Gasteiger partial charge in [0.1, 0.15) is 17.9 Å². The standard InChI is InChI=1S/C14H19N5O3/c1-9(19(4)18(2)3)13(20)17-12-6-5-11(22-14(16)21)7-10(12)8-15/h5-7,9H,1-4H3,(H2,16,21)(H,17,20). The zero-order valence-corrected chi connectivity index (χ0v) is 13.0. The molecule has 0 aliphatic heterocycles. The second kappa shape index (κ2) is 7.40. The van der Waals surface area contributed by atoms with Gasteiger partial charge in [0.2, 0.25) is 5.91 Å². The zero-order chi connectivity index (χ0) is 16.9. The molecular weight excluding hydrogens is 286 g/mol. The third-order valence-corrected chi connectivity index (χ3v) is 3.16. The van der Waals surface area contributed by atoms with Crippen molar-refractivity contribution in [2.24, 2.45) is 5.73 Å². The highest BCUT2D eigenvalue weighted by Gasteiger charge is 2.20. The smallest absolute Gasteiger partial charge is 0.409 e. The minimum absolute atomic E-state index is 0.139. The fourth-order valence-electron chi connectivity index (χ4n) is 1.66. The largest absolute Gasteiger partial charge is 0.410 e. The van der Waals surface area contributed by atoms with E-state index in [1.54, 1.807) is 24.0 Å². The molecule has 0 saturated carbocycles. The van der Waals surface area contributed by atoms with Crippen molar-refractivity contribution in [2.75, 3.05) is 26.5 Å². The van der Waals surface area contributed by atoms with Crippen LogP contribution in [0.15, 0.2) is 18.2 Å². The molecule has 8 heteroatoms. The van der Waals surface area contributed by atoms with E-state index in [0.29, 0.717) is 5.69 Å². The number of carbonyl (C=O) groups is 2. The Balaban J connectivity index is 2.92. The molecule has 0 bridgehead atoms. The number of nitrogens with two attached hydrogens (primary N) is 1. The summed E-state index contributed by atoms with van der Waals surface area (Å²) >= 11 is 0. The molecule has 0 aliphatic rings. The molecule has 0 saturated heterocycles. The van der Waals surface area contributed by atoms with Crippen molar-refractivity contribution in [2.45, 2.75) is 13.0 Å². The number of likely N-dealkylation sites (N-methyl/N-ethyl adjacent to an activating group) is 1. The highest BCUT2D eigenvalue weighted by atomic mass is 16.5. The number of hydrazine groups is 1. The molecule has 0 aliphatic carbocycles. The fraction of sp³-hybridized carbons (Fsp3) is 0.357. The molecule has 1 atom stereocenters. The van der Waals surface area contributed by atoms with Crippen molar-refractivity contribution in [3.8, 4) is 11.8 Å². The molecule has 0 fully saturated rings. The van der Waals surface area contributed by atoms with Crippen molar-refractivity contribution >= 4 is 17.7 Å². The first-order valence-corrected chi connectivity index (χ1v) is 6.48. The highest BCUT2D eigenvalue weighted by molar-refractivity contribution is 5.95. The monoisotopic (exact) mass is 305 g/mol. The molecule has 0 radical (unpaired) electrons. The maximum absolute atomic E-state index is 12.2. The molecule has 3 N–H and O–H groups in total. The van der Waals surface area contributed by atoms with E-state index in [2.05, 4.69) is 5.32 Å². The number of ether oxygens (including phenoxy) is 1. The van der Waals surface area contributed by atoms with Gasteiger partial charge < -0.3 is 15.8 Å². The molecule has 118 valence electrons. The predicted molar refractivity (Wildman–Crippen MR) is 80.9 cm³/mol. The molecule has 0 spiro atoms. The van der Waals surface area contributed by atoms with Crippen LogP contribution in [0, 0.1) is 11.3 Å². The van der Waals surface area contributed by atoms with Crippen molar-refractivity contribution in [3.05, 3.63) is 23.8 Å². The maximum Gasteiger partial charge on any atom is 0.409 e. The highest BCUT2D eigenvalue weighted by Crippen LogP contribution is 2.22. The lowest BCUT2D eigenvalue weighted by Crippen LogP contribution is -2.46. The Morgan fingerprint density at radius 2 is 2.00 bits per heavy atom. The first kappa shape index (κ1) is 17.4. The van der Waals surface area contributed by atoms with Crippen LogP contribution in [0.2, 0.25) is 0 Å². The summed E-state index contributed by atoms with van der Waals surface area (Å²) < 4.78 is 4.69. The molecule has 1 rings (SSSR count). The summed E-state index contributed by atoms with van der Waals surface area (Å²) in [6.07, 6.45) is -0.970. The zero-order valence-electron chi connectivity index (χ0n) is 13.0. The maximum atomic E-state index is 12.2. The lowest BCUT2D eigenvalue weighted by atomic mass is 10.1. The first-order chi connectivity index (χ1) is 10.3. The fourth-order valence-corrected chi connectivity index (χ4v) is 1.66. The minimum Gasteiger partial charge on any atom is -0.410 e. The number of hydrogen-bond donors (Lipinski definition) is 2. The van der Waals surface area contributed by atoms with Crippen LogP contribution in [0.3, 0.4) is 0 Å². The summed E-state index contributed by atoms with van der Waals surface area (Å²) in [6.45, 7) is 1.74. The van der Waals surface area contributed by atoms with Crippen LogP contribution in [0.25, 0.3) is 0 Å². The van der Waals surface area contributed by atoms with Crippen LogP contribution in [-0.4, -0.2) is 49.2 Å². The summed E-state index contributed by atoms with van der Waals surface area (Å²) in [5, 5.41) is 15.3. The van der Waals surface area contributed by atoms with Gasteiger partial charge in [-0.15, -0.1) is 0 Å². The van der Waals surface area contributed by atoms with Gasteiger partial charge in [-0.2, -0.15) is 5.26 Å². The first-order valence-electron chi connectivity index (χ1n) is 6.48. The van der Waals surface area contributed by atoms with E-state index < -0.39 is 12.1 Å². The van der Waals surface area contributed by atoms with Gasteiger partial charge in [0, 0.05) is 27.2 Å². The Bertz CT molecular complexity index is 609. The van der Waals surface area contributed by atoms with Gasteiger partial charge >= 0.3 is 6.09 Å². The van der Waals surface area contributed by atoms with E-state index >= 15 is 0 Å². The van der Waals surface area contributed by atoms with E-state index in [0.717, 1.165) is 0 Å². The van der Waals surface area contributed by atoms with Gasteiger partial charge in [-0.25, -0.2) is 14.8 Å². The van der Waals surface area contributed by atoms with Crippen LogP contribution >= 0.6 is 0 Å². The quantitative estimate of drug-likeness (QED) is 0.776. The van der Waals surface area contributed by atoms with E-state index in [4.69, 9.17) is 15.7 Å². The molecule has 8 nitrogen and oxygen atoms in total. The number of hydrogen-bond acceptors (Lipinski definition) is 6. The second-order valence-electron chi connectivity index (χ2n) is 4.83. The van der Waals surface area contributed by atoms with Gasteiger partial charge in [0.25, 0.3) is 0 Å². The number of rotatable bonds is 5. The topological polar surface area (TPSA) is 112 Å². The third-order valence-electron chi connectivity index (χ3n) is 3.16. The number of nitrogens with zero attached hydrogens (tertiary/aromatic N) is 3. The average Bonchev–Trinajstić information content (AvgIpc) is 2.46. The van der Waals surface area contributed by atoms with E-state index in [1.807, 2.05) is 20.2 Å². The van der Waals surface area contributed by atoms with Crippen molar-refractivity contribution < 1.29 is 14.3 Å². The van der Waals surface area contributed by atoms with Gasteiger partial charge in [0.15, 0.2) is 0 Å². The molecule has 1 unspecified atom stereocenters. The van der Waals surface area contributed by atoms with E-state index in [1.165, 1.54) is 18.2 Å². The van der Waals surface area contributed by atoms with Crippen molar-refractivity contribution in [3.63, 3.8) is 0 Å². The Morgan fingerprint density at radius 1 is 1.36 bits per heavy atom. The van der Waals surface area contributed by atoms with E-state index in [9.17, 15) is 9.59 Å². The van der Waals surface area contributed by atoms with Crippen molar-refractivity contribution in [1.82, 2.24) is 10.0 Å². The SMILES string of the molecule is CC(C(=O)Nc1ccc(OC(N)=O)cc1C#N)N(C)N(C)C. The summed E-state index contributed by atoms with van der Waals surface area (Å²) in [5.74, 6) is -0.128. The molecular formula is C14H19N5O3.